The predicted molar refractivity (Wildman–Crippen MR) is 107 cm³/mol. The van der Waals surface area contributed by atoms with Gasteiger partial charge in [-0.2, -0.15) is 0 Å². The second kappa shape index (κ2) is 8.69. The van der Waals surface area contributed by atoms with Crippen LogP contribution in [0.3, 0.4) is 0 Å². The van der Waals surface area contributed by atoms with Gasteiger partial charge in [-0.3, -0.25) is 14.5 Å². The number of amides is 1. The highest BCUT2D eigenvalue weighted by atomic mass is 19.1. The van der Waals surface area contributed by atoms with Gasteiger partial charge >= 0.3 is 0 Å². The van der Waals surface area contributed by atoms with Crippen molar-refractivity contribution in [3.63, 3.8) is 0 Å². The normalized spacial score (nSPS) is 15.1. The van der Waals surface area contributed by atoms with Gasteiger partial charge in [0, 0.05) is 56.6 Å². The van der Waals surface area contributed by atoms with Crippen molar-refractivity contribution in [1.82, 2.24) is 14.4 Å². The predicted octanol–water partition coefficient (Wildman–Crippen LogP) is 2.83. The van der Waals surface area contributed by atoms with Crippen molar-refractivity contribution in [3.05, 3.63) is 58.7 Å². The van der Waals surface area contributed by atoms with Crippen LogP contribution in [0.1, 0.15) is 34.2 Å². The molecule has 0 bridgehead atoms. The van der Waals surface area contributed by atoms with Crippen molar-refractivity contribution in [2.45, 2.75) is 33.7 Å². The van der Waals surface area contributed by atoms with Gasteiger partial charge in [0.25, 0.3) is 0 Å². The number of carbonyl (C=O) groups excluding carboxylic acids is 2. The number of halogens is 1. The third-order valence-corrected chi connectivity index (χ3v) is 5.60. The molecular formula is C22H28FN3O2. The Balaban J connectivity index is 1.61. The zero-order valence-corrected chi connectivity index (χ0v) is 16.9. The van der Waals surface area contributed by atoms with Gasteiger partial charge < -0.3 is 9.47 Å². The molecule has 0 N–H and O–H groups in total. The van der Waals surface area contributed by atoms with Crippen LogP contribution in [0.2, 0.25) is 0 Å². The zero-order valence-electron chi connectivity index (χ0n) is 16.9. The fourth-order valence-corrected chi connectivity index (χ4v) is 3.83. The molecule has 1 aliphatic rings. The first kappa shape index (κ1) is 20.3. The second-order valence-electron chi connectivity index (χ2n) is 7.52. The molecular weight excluding hydrogens is 357 g/mol. The van der Waals surface area contributed by atoms with Gasteiger partial charge in [-0.15, -0.1) is 0 Å². The molecule has 0 radical (unpaired) electrons. The van der Waals surface area contributed by atoms with Crippen molar-refractivity contribution in [2.75, 3.05) is 32.7 Å². The number of benzene rings is 1. The molecule has 0 aliphatic carbocycles. The summed E-state index contributed by atoms with van der Waals surface area (Å²) in [5, 5.41) is 0. The Bertz CT molecular complexity index is 849. The number of hydrogen-bond donors (Lipinski definition) is 0. The summed E-state index contributed by atoms with van der Waals surface area (Å²) in [6, 6.07) is 8.53. The number of rotatable bonds is 6. The zero-order chi connectivity index (χ0) is 20.3. The lowest BCUT2D eigenvalue weighted by Gasteiger charge is -2.33. The van der Waals surface area contributed by atoms with Crippen molar-refractivity contribution in [2.24, 2.45) is 0 Å². The first-order valence-electron chi connectivity index (χ1n) is 9.77. The summed E-state index contributed by atoms with van der Waals surface area (Å²) in [6.07, 6.45) is 0.789. The summed E-state index contributed by atoms with van der Waals surface area (Å²) in [6.45, 7) is 9.55. The molecule has 0 unspecified atom stereocenters. The summed E-state index contributed by atoms with van der Waals surface area (Å²) in [5.74, 6) is -0.0119. The lowest BCUT2D eigenvalue weighted by atomic mass is 10.1. The summed E-state index contributed by atoms with van der Waals surface area (Å²) in [5.41, 5.74) is 3.88. The second-order valence-corrected chi connectivity index (χ2v) is 7.52. The van der Waals surface area contributed by atoms with E-state index in [1.165, 1.54) is 12.1 Å². The van der Waals surface area contributed by atoms with Gasteiger partial charge in [0.15, 0.2) is 5.78 Å². The van der Waals surface area contributed by atoms with E-state index in [1.807, 2.05) is 24.8 Å². The quantitative estimate of drug-likeness (QED) is 0.719. The SMILES string of the molecule is CC(=O)N1CCN(CC(=O)c2cc(C)n(CCc3ccc(F)cc3)c2C)CC1. The highest BCUT2D eigenvalue weighted by Crippen LogP contribution is 2.18. The number of hydrogen-bond acceptors (Lipinski definition) is 3. The Morgan fingerprint density at radius 1 is 1.04 bits per heavy atom. The molecule has 5 nitrogen and oxygen atoms in total. The van der Waals surface area contributed by atoms with E-state index in [0.29, 0.717) is 19.6 Å². The topological polar surface area (TPSA) is 45.6 Å². The molecule has 3 rings (SSSR count). The van der Waals surface area contributed by atoms with Crippen LogP contribution in [0.4, 0.5) is 4.39 Å². The molecule has 0 atom stereocenters. The van der Waals surface area contributed by atoms with Crippen molar-refractivity contribution < 1.29 is 14.0 Å². The molecule has 0 saturated carbocycles. The van der Waals surface area contributed by atoms with Crippen LogP contribution >= 0.6 is 0 Å². The summed E-state index contributed by atoms with van der Waals surface area (Å²) in [4.78, 5) is 28.2. The third-order valence-electron chi connectivity index (χ3n) is 5.60. The average Bonchev–Trinajstić information content (AvgIpc) is 2.96. The monoisotopic (exact) mass is 385 g/mol. The Morgan fingerprint density at radius 2 is 1.68 bits per heavy atom. The summed E-state index contributed by atoms with van der Waals surface area (Å²) in [7, 11) is 0. The molecule has 2 heterocycles. The molecule has 28 heavy (non-hydrogen) atoms. The Morgan fingerprint density at radius 3 is 2.29 bits per heavy atom. The van der Waals surface area contributed by atoms with E-state index in [4.69, 9.17) is 0 Å². The first-order valence-corrected chi connectivity index (χ1v) is 9.77. The van der Waals surface area contributed by atoms with Gasteiger partial charge in [0.1, 0.15) is 5.82 Å². The Kier molecular flexibility index (Phi) is 6.29. The number of aryl methyl sites for hydroxylation is 2. The van der Waals surface area contributed by atoms with Gasteiger partial charge in [-0.1, -0.05) is 12.1 Å². The first-order chi connectivity index (χ1) is 13.3. The molecule has 2 aromatic rings. The van der Waals surface area contributed by atoms with E-state index >= 15 is 0 Å². The maximum absolute atomic E-state index is 13.1. The molecule has 1 aromatic carbocycles. The third kappa shape index (κ3) is 4.68. The fraction of sp³-hybridized carbons (Fsp3) is 0.455. The smallest absolute Gasteiger partial charge is 0.219 e. The van der Waals surface area contributed by atoms with Gasteiger partial charge in [0.05, 0.1) is 6.54 Å². The largest absolute Gasteiger partial charge is 0.348 e. The van der Waals surface area contributed by atoms with E-state index in [-0.39, 0.29) is 17.5 Å². The van der Waals surface area contributed by atoms with Crippen LogP contribution < -0.4 is 0 Å². The number of ketones is 1. The van der Waals surface area contributed by atoms with E-state index in [0.717, 1.165) is 48.6 Å². The van der Waals surface area contributed by atoms with Gasteiger partial charge in [-0.25, -0.2) is 4.39 Å². The highest BCUT2D eigenvalue weighted by Gasteiger charge is 2.22. The lowest BCUT2D eigenvalue weighted by Crippen LogP contribution is -2.49. The Hall–Kier alpha value is -2.47. The molecule has 1 aromatic heterocycles. The summed E-state index contributed by atoms with van der Waals surface area (Å²) < 4.78 is 15.2. The fourth-order valence-electron chi connectivity index (χ4n) is 3.83. The standard InChI is InChI=1S/C22H28FN3O2/c1-16-14-21(22(28)15-24-10-12-25(13-11-24)18(3)27)17(2)26(16)9-8-19-4-6-20(23)7-5-19/h4-7,14H,8-13,15H2,1-3H3. The maximum atomic E-state index is 13.1. The number of nitrogens with zero attached hydrogens (tertiary/aromatic N) is 3. The van der Waals surface area contributed by atoms with Crippen LogP contribution in [0.15, 0.2) is 30.3 Å². The minimum atomic E-state index is -0.228. The van der Waals surface area contributed by atoms with E-state index in [1.54, 1.807) is 19.1 Å². The molecule has 6 heteroatoms. The lowest BCUT2D eigenvalue weighted by molar-refractivity contribution is -0.130. The maximum Gasteiger partial charge on any atom is 0.219 e. The molecule has 1 aliphatic heterocycles. The molecule has 1 amide bonds. The molecule has 150 valence electrons. The van der Waals surface area contributed by atoms with Crippen LogP contribution in [-0.2, 0) is 17.8 Å². The molecule has 1 saturated heterocycles. The van der Waals surface area contributed by atoms with Crippen LogP contribution in [0.5, 0.6) is 0 Å². The number of piperazine rings is 1. The van der Waals surface area contributed by atoms with Crippen LogP contribution in [0.25, 0.3) is 0 Å². The average molecular weight is 385 g/mol. The minimum absolute atomic E-state index is 0.0932. The van der Waals surface area contributed by atoms with Crippen LogP contribution in [0, 0.1) is 19.7 Å². The van der Waals surface area contributed by atoms with Crippen molar-refractivity contribution in [3.8, 4) is 0 Å². The Labute approximate surface area is 165 Å². The number of aromatic nitrogens is 1. The van der Waals surface area contributed by atoms with Gasteiger partial charge in [0.2, 0.25) is 5.91 Å². The number of Topliss-reactive ketones (excluding diaryl/α,β-unsaturated/α-hetero) is 1. The van der Waals surface area contributed by atoms with Crippen LogP contribution in [-0.4, -0.2) is 58.8 Å². The van der Waals surface area contributed by atoms with E-state index < -0.39 is 0 Å². The van der Waals surface area contributed by atoms with E-state index in [9.17, 15) is 14.0 Å². The molecule has 0 spiro atoms. The van der Waals surface area contributed by atoms with Crippen molar-refractivity contribution >= 4 is 11.7 Å². The van der Waals surface area contributed by atoms with Gasteiger partial charge in [-0.05, 0) is 44.0 Å². The van der Waals surface area contributed by atoms with E-state index in [2.05, 4.69) is 9.47 Å². The number of carbonyl (C=O) groups is 2. The highest BCUT2D eigenvalue weighted by molar-refractivity contribution is 5.99. The molecule has 1 fully saturated rings. The summed E-state index contributed by atoms with van der Waals surface area (Å²) >= 11 is 0. The van der Waals surface area contributed by atoms with Crippen molar-refractivity contribution in [1.29, 1.82) is 0 Å². The minimum Gasteiger partial charge on any atom is -0.348 e.